The lowest BCUT2D eigenvalue weighted by Crippen LogP contribution is -2.01. The Kier molecular flexibility index (Phi) is 7.10. The predicted octanol–water partition coefficient (Wildman–Crippen LogP) is 4.00. The van der Waals surface area contributed by atoms with Crippen molar-refractivity contribution >= 4 is 31.5 Å². The van der Waals surface area contributed by atoms with Gasteiger partial charge < -0.3 is 9.26 Å². The maximum atomic E-state index is 12.1. The van der Waals surface area contributed by atoms with E-state index in [2.05, 4.69) is 0 Å². The van der Waals surface area contributed by atoms with Gasteiger partial charge in [-0.2, -0.15) is 0 Å². The first-order valence-electron chi connectivity index (χ1n) is 6.41. The van der Waals surface area contributed by atoms with Crippen LogP contribution in [0.15, 0.2) is 18.2 Å². The minimum atomic E-state index is -3.73. The third kappa shape index (κ3) is 5.14. The normalized spacial score (nSPS) is 11.7. The van der Waals surface area contributed by atoms with Crippen molar-refractivity contribution < 1.29 is 27.7 Å². The van der Waals surface area contributed by atoms with Gasteiger partial charge in [0.15, 0.2) is 0 Å². The molecule has 0 aliphatic rings. The lowest BCUT2D eigenvalue weighted by molar-refractivity contribution is -0.137. The van der Waals surface area contributed by atoms with Crippen LogP contribution in [0.25, 0.3) is 6.08 Å². The highest BCUT2D eigenvalue weighted by Gasteiger charge is 2.26. The molecule has 0 radical (unpaired) electrons. The molecule has 0 spiro atoms. The van der Waals surface area contributed by atoms with Gasteiger partial charge in [-0.05, 0) is 37.6 Å². The van der Waals surface area contributed by atoms with Crippen molar-refractivity contribution in [2.24, 2.45) is 0 Å². The van der Waals surface area contributed by atoms with Gasteiger partial charge in [0, 0.05) is 30.9 Å². The van der Waals surface area contributed by atoms with Crippen molar-refractivity contribution in [3.8, 4) is 5.75 Å². The number of hydrogen-bond donors (Lipinski definition) is 0. The minimum Gasteiger partial charge on any atom is -0.463 e. The number of carbonyl (C=O) groups excluding carboxylic acids is 1. The highest BCUT2D eigenvalue weighted by Crippen LogP contribution is 2.49. The second-order valence-corrected chi connectivity index (χ2v) is 6.37. The molecular weight excluding hydrogens is 331 g/mol. The Morgan fingerprint density at radius 3 is 2.50 bits per heavy atom. The molecule has 0 amide bonds. The number of carbonyl (C=O) groups is 1. The SMILES string of the molecule is CCOC(=O)/C=C/c1cc(Cl)cc(C)c1OP(=O)(OC)OC. The van der Waals surface area contributed by atoms with Crippen LogP contribution in [0.4, 0.5) is 0 Å². The smallest absolute Gasteiger partial charge is 0.463 e. The van der Waals surface area contributed by atoms with Crippen LogP contribution in [0.5, 0.6) is 5.75 Å². The summed E-state index contributed by atoms with van der Waals surface area (Å²) in [6.45, 7) is 3.69. The van der Waals surface area contributed by atoms with Crippen LogP contribution in [0.3, 0.4) is 0 Å². The zero-order chi connectivity index (χ0) is 16.8. The van der Waals surface area contributed by atoms with Gasteiger partial charge in [-0.1, -0.05) is 11.6 Å². The fourth-order valence-electron chi connectivity index (χ4n) is 1.61. The van der Waals surface area contributed by atoms with Crippen molar-refractivity contribution in [3.63, 3.8) is 0 Å². The summed E-state index contributed by atoms with van der Waals surface area (Å²) in [5.41, 5.74) is 1.07. The first kappa shape index (κ1) is 18.7. The number of ether oxygens (including phenoxy) is 1. The van der Waals surface area contributed by atoms with E-state index in [0.29, 0.717) is 16.1 Å². The quantitative estimate of drug-likeness (QED) is 0.421. The van der Waals surface area contributed by atoms with Crippen LogP contribution < -0.4 is 4.52 Å². The first-order valence-corrected chi connectivity index (χ1v) is 8.25. The van der Waals surface area contributed by atoms with Crippen LogP contribution in [-0.4, -0.2) is 26.8 Å². The van der Waals surface area contributed by atoms with E-state index in [-0.39, 0.29) is 12.4 Å². The molecule has 0 aromatic heterocycles. The van der Waals surface area contributed by atoms with Crippen molar-refractivity contribution in [2.45, 2.75) is 13.8 Å². The average molecular weight is 349 g/mol. The molecule has 122 valence electrons. The topological polar surface area (TPSA) is 71.1 Å². The number of aryl methyl sites for hydroxylation is 1. The van der Waals surface area contributed by atoms with Gasteiger partial charge in [-0.3, -0.25) is 9.05 Å². The van der Waals surface area contributed by atoms with Gasteiger partial charge in [0.05, 0.1) is 6.61 Å². The van der Waals surface area contributed by atoms with E-state index in [0.717, 1.165) is 0 Å². The van der Waals surface area contributed by atoms with Gasteiger partial charge in [-0.15, -0.1) is 0 Å². The summed E-state index contributed by atoms with van der Waals surface area (Å²) in [6, 6.07) is 3.20. The van der Waals surface area contributed by atoms with Crippen LogP contribution >= 0.6 is 19.4 Å². The van der Waals surface area contributed by atoms with Crippen molar-refractivity contribution in [2.75, 3.05) is 20.8 Å². The van der Waals surface area contributed by atoms with E-state index < -0.39 is 13.8 Å². The molecular formula is C14H18ClO6P. The largest absolute Gasteiger partial charge is 0.529 e. The average Bonchev–Trinajstić information content (AvgIpc) is 2.48. The van der Waals surface area contributed by atoms with E-state index in [4.69, 9.17) is 29.9 Å². The summed E-state index contributed by atoms with van der Waals surface area (Å²) in [5.74, 6) is -0.260. The molecule has 0 heterocycles. The molecule has 1 rings (SSSR count). The van der Waals surface area contributed by atoms with Crippen LogP contribution in [0.1, 0.15) is 18.1 Å². The number of benzene rings is 1. The van der Waals surface area contributed by atoms with Gasteiger partial charge in [0.1, 0.15) is 5.75 Å². The van der Waals surface area contributed by atoms with Gasteiger partial charge in [0.25, 0.3) is 0 Å². The third-order valence-electron chi connectivity index (χ3n) is 2.60. The van der Waals surface area contributed by atoms with E-state index >= 15 is 0 Å². The first-order chi connectivity index (χ1) is 10.3. The van der Waals surface area contributed by atoms with E-state index in [1.807, 2.05) is 0 Å². The predicted molar refractivity (Wildman–Crippen MR) is 84.1 cm³/mol. The molecule has 0 N–H and O–H groups in total. The molecule has 1 aromatic rings. The van der Waals surface area contributed by atoms with E-state index in [1.54, 1.807) is 26.0 Å². The second-order valence-electron chi connectivity index (χ2n) is 4.13. The second kappa shape index (κ2) is 8.34. The van der Waals surface area contributed by atoms with Gasteiger partial charge in [-0.25, -0.2) is 9.36 Å². The Morgan fingerprint density at radius 1 is 1.32 bits per heavy atom. The lowest BCUT2D eigenvalue weighted by Gasteiger charge is -2.18. The Morgan fingerprint density at radius 2 is 1.95 bits per heavy atom. The maximum absolute atomic E-state index is 12.1. The third-order valence-corrected chi connectivity index (χ3v) is 4.12. The Bertz CT molecular complexity index is 606. The Balaban J connectivity index is 3.21. The summed E-state index contributed by atoms with van der Waals surface area (Å²) in [6.07, 6.45) is 2.69. The summed E-state index contributed by atoms with van der Waals surface area (Å²) in [7, 11) is -1.30. The number of rotatable bonds is 7. The minimum absolute atomic E-state index is 0.247. The Labute approximate surface area is 134 Å². The molecule has 0 atom stereocenters. The molecule has 0 bridgehead atoms. The highest BCUT2D eigenvalue weighted by molar-refractivity contribution is 7.48. The van der Waals surface area contributed by atoms with Crippen LogP contribution in [0.2, 0.25) is 5.02 Å². The number of hydrogen-bond acceptors (Lipinski definition) is 6. The molecule has 0 saturated heterocycles. The fourth-order valence-corrected chi connectivity index (χ4v) is 2.67. The number of phosphoric acid groups is 1. The van der Waals surface area contributed by atoms with Crippen molar-refractivity contribution in [1.82, 2.24) is 0 Å². The highest BCUT2D eigenvalue weighted by atomic mass is 35.5. The van der Waals surface area contributed by atoms with E-state index in [9.17, 15) is 9.36 Å². The maximum Gasteiger partial charge on any atom is 0.529 e. The Hall–Kier alpha value is -1.33. The zero-order valence-corrected chi connectivity index (χ0v) is 14.4. The standard InChI is InChI=1S/C14H18ClO6P/c1-5-20-13(16)7-6-11-9-12(15)8-10(2)14(11)21-22(17,18-3)19-4/h6-9H,5H2,1-4H3/b7-6+. The van der Waals surface area contributed by atoms with E-state index in [1.165, 1.54) is 26.4 Å². The molecule has 0 aliphatic heterocycles. The zero-order valence-electron chi connectivity index (χ0n) is 12.8. The van der Waals surface area contributed by atoms with Crippen molar-refractivity contribution in [3.05, 3.63) is 34.4 Å². The van der Waals surface area contributed by atoms with Crippen molar-refractivity contribution in [1.29, 1.82) is 0 Å². The summed E-state index contributed by atoms with van der Waals surface area (Å²) in [4.78, 5) is 11.4. The molecule has 1 aromatic carbocycles. The molecule has 6 nitrogen and oxygen atoms in total. The molecule has 0 saturated carbocycles. The summed E-state index contributed by atoms with van der Waals surface area (Å²) in [5, 5.41) is 0.443. The number of esters is 1. The molecule has 8 heteroatoms. The fraction of sp³-hybridized carbons (Fsp3) is 0.357. The lowest BCUT2D eigenvalue weighted by atomic mass is 10.1. The molecule has 0 unspecified atom stereocenters. The molecule has 0 fully saturated rings. The summed E-state index contributed by atoms with van der Waals surface area (Å²) >= 11 is 6.00. The van der Waals surface area contributed by atoms with Crippen LogP contribution in [-0.2, 0) is 23.1 Å². The van der Waals surface area contributed by atoms with Crippen LogP contribution in [0, 0.1) is 6.92 Å². The monoisotopic (exact) mass is 348 g/mol. The van der Waals surface area contributed by atoms with Gasteiger partial charge in [0.2, 0.25) is 0 Å². The number of halogens is 1. The molecule has 22 heavy (non-hydrogen) atoms. The number of phosphoric ester groups is 1. The van der Waals surface area contributed by atoms with Gasteiger partial charge >= 0.3 is 13.8 Å². The molecule has 0 aliphatic carbocycles. The summed E-state index contributed by atoms with van der Waals surface area (Å²) < 4.78 is 31.8.